The quantitative estimate of drug-likeness (QED) is 0.508. The second-order valence-electron chi connectivity index (χ2n) is 8.55. The van der Waals surface area contributed by atoms with Crippen LogP contribution >= 0.6 is 15.9 Å². The van der Waals surface area contributed by atoms with Crippen molar-refractivity contribution in [2.24, 2.45) is 5.41 Å². The molecule has 1 saturated heterocycles. The van der Waals surface area contributed by atoms with Crippen molar-refractivity contribution in [3.8, 4) is 0 Å². The Morgan fingerprint density at radius 3 is 2.43 bits per heavy atom. The normalized spacial score (nSPS) is 21.1. The van der Waals surface area contributed by atoms with Crippen molar-refractivity contribution in [2.75, 3.05) is 6.54 Å². The van der Waals surface area contributed by atoms with Crippen molar-refractivity contribution in [3.63, 3.8) is 0 Å². The molecule has 1 heterocycles. The van der Waals surface area contributed by atoms with Crippen LogP contribution in [0, 0.1) is 11.2 Å². The van der Waals surface area contributed by atoms with Gasteiger partial charge in [0.25, 0.3) is 0 Å². The highest BCUT2D eigenvalue weighted by Gasteiger charge is 2.44. The summed E-state index contributed by atoms with van der Waals surface area (Å²) < 4.78 is 14.1. The van der Waals surface area contributed by atoms with Gasteiger partial charge in [0.15, 0.2) is 0 Å². The predicted molar refractivity (Wildman–Crippen MR) is 111 cm³/mol. The van der Waals surface area contributed by atoms with Gasteiger partial charge in [-0.3, -0.25) is 9.59 Å². The summed E-state index contributed by atoms with van der Waals surface area (Å²) in [6, 6.07) is 1.91. The van der Waals surface area contributed by atoms with E-state index in [0.29, 0.717) is 10.0 Å². The molecule has 1 aliphatic heterocycles. The van der Waals surface area contributed by atoms with E-state index in [4.69, 9.17) is 5.11 Å². The summed E-state index contributed by atoms with van der Waals surface area (Å²) in [4.78, 5) is 38.3. The number of hydrogen-bond donors (Lipinski definition) is 4. The summed E-state index contributed by atoms with van der Waals surface area (Å²) in [6.07, 6.45) is -2.23. The van der Waals surface area contributed by atoms with E-state index < -0.39 is 53.4 Å². The van der Waals surface area contributed by atoms with Gasteiger partial charge in [0.05, 0.1) is 16.6 Å². The average molecular weight is 488 g/mol. The minimum absolute atomic E-state index is 0.0307. The summed E-state index contributed by atoms with van der Waals surface area (Å²) in [5, 5.41) is 24.2. The van der Waals surface area contributed by atoms with Gasteiger partial charge in [-0.15, -0.1) is 0 Å². The van der Waals surface area contributed by atoms with Gasteiger partial charge in [0.2, 0.25) is 11.8 Å². The lowest BCUT2D eigenvalue weighted by Gasteiger charge is -2.34. The van der Waals surface area contributed by atoms with Gasteiger partial charge in [-0.2, -0.15) is 0 Å². The van der Waals surface area contributed by atoms with E-state index in [9.17, 15) is 23.9 Å². The van der Waals surface area contributed by atoms with Gasteiger partial charge in [0.1, 0.15) is 17.9 Å². The molecule has 0 saturated carbocycles. The Morgan fingerprint density at radius 1 is 1.27 bits per heavy atom. The Hall–Kier alpha value is -2.20. The third kappa shape index (κ3) is 5.69. The first kappa shape index (κ1) is 24.1. The van der Waals surface area contributed by atoms with Crippen molar-refractivity contribution in [1.29, 1.82) is 0 Å². The molecule has 1 aromatic carbocycles. The number of amides is 3. The van der Waals surface area contributed by atoms with Crippen LogP contribution in [0.5, 0.6) is 0 Å². The zero-order valence-corrected chi connectivity index (χ0v) is 18.9. The second-order valence-corrected chi connectivity index (χ2v) is 9.40. The van der Waals surface area contributed by atoms with Crippen molar-refractivity contribution >= 4 is 33.8 Å². The number of carbonyl (C=O) groups is 3. The number of nitrogens with zero attached hydrogens (tertiary/aromatic N) is 1. The molecule has 10 heteroatoms. The standard InChI is InChI=1S/C20H27BrFN3O5/c1-10(11-5-6-13(21)14(22)7-11)23-17(27)15-8-12(26)9-25(15)18(28)16(20(2,3)4)24-19(29)30/h5-7,10,12,15-16,24,26H,8-9H2,1-4H3,(H,23,27)(H,29,30)/t10-,12+,15-,16+/m0/s1. The Bertz CT molecular complexity index is 829. The molecule has 0 spiro atoms. The SMILES string of the molecule is C[C@H](NC(=O)[C@@H]1C[C@@H](O)CN1C(=O)[C@@H](NC(=O)O)C(C)(C)C)c1ccc(Br)c(F)c1. The van der Waals surface area contributed by atoms with Gasteiger partial charge < -0.3 is 25.7 Å². The number of carboxylic acid groups (broad SMARTS) is 1. The highest BCUT2D eigenvalue weighted by molar-refractivity contribution is 9.10. The van der Waals surface area contributed by atoms with E-state index in [1.54, 1.807) is 33.8 Å². The molecule has 0 aliphatic carbocycles. The van der Waals surface area contributed by atoms with Crippen LogP contribution in [0.2, 0.25) is 0 Å². The Labute approximate surface area is 183 Å². The smallest absolute Gasteiger partial charge is 0.405 e. The third-order valence-corrected chi connectivity index (χ3v) is 5.69. The molecular formula is C20H27BrFN3O5. The summed E-state index contributed by atoms with van der Waals surface area (Å²) >= 11 is 3.08. The lowest BCUT2D eigenvalue weighted by Crippen LogP contribution is -2.57. The average Bonchev–Trinajstić information content (AvgIpc) is 3.02. The van der Waals surface area contributed by atoms with Crippen LogP contribution in [0.25, 0.3) is 0 Å². The number of β-amino-alcohol motifs (C(OH)–C–C–N with tert-alkyl or cyclic N) is 1. The lowest BCUT2D eigenvalue weighted by atomic mass is 9.85. The van der Waals surface area contributed by atoms with Crippen molar-refractivity contribution in [2.45, 2.75) is 58.3 Å². The highest BCUT2D eigenvalue weighted by atomic mass is 79.9. The van der Waals surface area contributed by atoms with Crippen LogP contribution in [0.3, 0.4) is 0 Å². The van der Waals surface area contributed by atoms with Gasteiger partial charge in [-0.05, 0) is 46.0 Å². The molecule has 0 bridgehead atoms. The van der Waals surface area contributed by atoms with E-state index in [2.05, 4.69) is 26.6 Å². The Morgan fingerprint density at radius 2 is 1.90 bits per heavy atom. The van der Waals surface area contributed by atoms with E-state index in [0.717, 1.165) is 0 Å². The topological polar surface area (TPSA) is 119 Å². The van der Waals surface area contributed by atoms with Crippen LogP contribution in [-0.4, -0.2) is 57.8 Å². The number of aliphatic hydroxyl groups excluding tert-OH is 1. The van der Waals surface area contributed by atoms with Crippen LogP contribution in [0.15, 0.2) is 22.7 Å². The van der Waals surface area contributed by atoms with Gasteiger partial charge in [0, 0.05) is 13.0 Å². The molecule has 1 aliphatic rings. The van der Waals surface area contributed by atoms with Crippen molar-refractivity contribution in [1.82, 2.24) is 15.5 Å². The van der Waals surface area contributed by atoms with Crippen molar-refractivity contribution < 1.29 is 29.0 Å². The second kappa shape index (κ2) is 9.30. The fraction of sp³-hybridized carbons (Fsp3) is 0.550. The number of likely N-dealkylation sites (tertiary alicyclic amines) is 1. The molecule has 0 aromatic heterocycles. The molecule has 1 fully saturated rings. The maximum atomic E-state index is 13.8. The van der Waals surface area contributed by atoms with Gasteiger partial charge >= 0.3 is 6.09 Å². The number of halogens is 2. The van der Waals surface area contributed by atoms with E-state index in [-0.39, 0.29) is 13.0 Å². The van der Waals surface area contributed by atoms with Crippen LogP contribution < -0.4 is 10.6 Å². The number of rotatable bonds is 5. The number of hydrogen-bond acceptors (Lipinski definition) is 4. The number of nitrogens with one attached hydrogen (secondary N) is 2. The predicted octanol–water partition coefficient (Wildman–Crippen LogP) is 2.41. The molecule has 1 aromatic rings. The fourth-order valence-electron chi connectivity index (χ4n) is 3.42. The minimum atomic E-state index is -1.35. The number of carbonyl (C=O) groups excluding carboxylic acids is 2. The van der Waals surface area contributed by atoms with E-state index >= 15 is 0 Å². The third-order valence-electron chi connectivity index (χ3n) is 5.05. The molecule has 30 heavy (non-hydrogen) atoms. The summed E-state index contributed by atoms with van der Waals surface area (Å²) in [5.74, 6) is -1.54. The molecular weight excluding hydrogens is 461 g/mol. The molecule has 4 N–H and O–H groups in total. The first-order chi connectivity index (χ1) is 13.8. The van der Waals surface area contributed by atoms with Gasteiger partial charge in [-0.25, -0.2) is 9.18 Å². The zero-order chi connectivity index (χ0) is 22.8. The Kier molecular flexibility index (Phi) is 7.46. The van der Waals surface area contributed by atoms with Crippen molar-refractivity contribution in [3.05, 3.63) is 34.1 Å². The lowest BCUT2D eigenvalue weighted by molar-refractivity contribution is -0.142. The summed E-state index contributed by atoms with van der Waals surface area (Å²) in [6.45, 7) is 6.72. The largest absolute Gasteiger partial charge is 0.465 e. The maximum absolute atomic E-state index is 13.8. The number of aliphatic hydroxyl groups is 1. The van der Waals surface area contributed by atoms with E-state index in [1.165, 1.54) is 17.0 Å². The maximum Gasteiger partial charge on any atom is 0.405 e. The molecule has 0 radical (unpaired) electrons. The van der Waals surface area contributed by atoms with Crippen LogP contribution in [0.1, 0.15) is 45.7 Å². The monoisotopic (exact) mass is 487 g/mol. The molecule has 3 amide bonds. The molecule has 0 unspecified atom stereocenters. The molecule has 166 valence electrons. The van der Waals surface area contributed by atoms with Gasteiger partial charge in [-0.1, -0.05) is 26.8 Å². The molecule has 2 rings (SSSR count). The first-order valence-corrected chi connectivity index (χ1v) is 10.3. The molecule has 8 nitrogen and oxygen atoms in total. The Balaban J connectivity index is 2.19. The van der Waals surface area contributed by atoms with E-state index in [1.807, 2.05) is 0 Å². The van der Waals surface area contributed by atoms with Crippen LogP contribution in [-0.2, 0) is 9.59 Å². The minimum Gasteiger partial charge on any atom is -0.465 e. The fourth-order valence-corrected chi connectivity index (χ4v) is 3.67. The zero-order valence-electron chi connectivity index (χ0n) is 17.3. The first-order valence-electron chi connectivity index (χ1n) is 9.54. The molecule has 4 atom stereocenters. The summed E-state index contributed by atoms with van der Waals surface area (Å²) in [7, 11) is 0. The number of benzene rings is 1. The van der Waals surface area contributed by atoms with Crippen LogP contribution in [0.4, 0.5) is 9.18 Å². The summed E-state index contributed by atoms with van der Waals surface area (Å²) in [5.41, 5.74) is -0.202. The highest BCUT2D eigenvalue weighted by Crippen LogP contribution is 2.27.